The quantitative estimate of drug-likeness (QED) is 0.496. The lowest BCUT2D eigenvalue weighted by atomic mass is 9.77. The van der Waals surface area contributed by atoms with E-state index < -0.39 is 7.12 Å². The summed E-state index contributed by atoms with van der Waals surface area (Å²) in [6.45, 7) is 0. The van der Waals surface area contributed by atoms with Crippen molar-refractivity contribution in [3.8, 4) is 0 Å². The maximum Gasteiger partial charge on any atom is 0.489 e. The molecule has 3 nitrogen and oxygen atoms in total. The molecule has 62 valence electrons. The summed E-state index contributed by atoms with van der Waals surface area (Å²) in [6, 6.07) is 4.27. The summed E-state index contributed by atoms with van der Waals surface area (Å²) in [5.41, 5.74) is 0.354. The van der Waals surface area contributed by atoms with Gasteiger partial charge in [0.05, 0.1) is 0 Å². The summed E-state index contributed by atoms with van der Waals surface area (Å²) < 4.78 is 0. The van der Waals surface area contributed by atoms with Crippen LogP contribution in [0, 0.1) is 0 Å². The zero-order valence-corrected chi connectivity index (χ0v) is 6.82. The van der Waals surface area contributed by atoms with Gasteiger partial charge in [0.25, 0.3) is 0 Å². The van der Waals surface area contributed by atoms with E-state index in [4.69, 9.17) is 21.6 Å². The van der Waals surface area contributed by atoms with Crippen molar-refractivity contribution in [2.24, 2.45) is 0 Å². The van der Waals surface area contributed by atoms with Gasteiger partial charge >= 0.3 is 7.12 Å². The van der Waals surface area contributed by atoms with Crippen molar-refractivity contribution < 1.29 is 14.8 Å². The Kier molecular flexibility index (Phi) is 2.86. The molecule has 0 spiro atoms. The van der Waals surface area contributed by atoms with E-state index in [9.17, 15) is 4.79 Å². The van der Waals surface area contributed by atoms with Gasteiger partial charge in [-0.05, 0) is 17.6 Å². The first kappa shape index (κ1) is 9.25. The van der Waals surface area contributed by atoms with E-state index in [1.54, 1.807) is 0 Å². The van der Waals surface area contributed by atoms with E-state index in [2.05, 4.69) is 0 Å². The summed E-state index contributed by atoms with van der Waals surface area (Å²) in [5.74, 6) is 0. The van der Waals surface area contributed by atoms with E-state index >= 15 is 0 Å². The van der Waals surface area contributed by atoms with Crippen LogP contribution in [0.4, 0.5) is 0 Å². The fourth-order valence-corrected chi connectivity index (χ4v) is 1.06. The highest BCUT2D eigenvalue weighted by molar-refractivity contribution is 6.60. The standard InChI is InChI=1S/C7H6BClO3/c9-6-1-2-7(8(11)12)5(3-6)4-10/h1-4,11-12H. The van der Waals surface area contributed by atoms with Crippen molar-refractivity contribution in [3.63, 3.8) is 0 Å². The third kappa shape index (κ3) is 1.85. The molecule has 0 bridgehead atoms. The van der Waals surface area contributed by atoms with E-state index in [1.807, 2.05) is 0 Å². The topological polar surface area (TPSA) is 57.5 Å². The maximum atomic E-state index is 10.4. The van der Waals surface area contributed by atoms with Crippen molar-refractivity contribution in [3.05, 3.63) is 28.8 Å². The minimum absolute atomic E-state index is 0.161. The van der Waals surface area contributed by atoms with Crippen LogP contribution in [0.15, 0.2) is 18.2 Å². The number of rotatable bonds is 2. The Balaban J connectivity index is 3.20. The average Bonchev–Trinajstić information content (AvgIpc) is 2.03. The number of carbonyl (C=O) groups is 1. The molecular weight excluding hydrogens is 178 g/mol. The van der Waals surface area contributed by atoms with Gasteiger partial charge in [-0.2, -0.15) is 0 Å². The highest BCUT2D eigenvalue weighted by Gasteiger charge is 2.15. The highest BCUT2D eigenvalue weighted by Crippen LogP contribution is 2.07. The van der Waals surface area contributed by atoms with Crippen LogP contribution in [-0.4, -0.2) is 23.5 Å². The Morgan fingerprint density at radius 1 is 1.42 bits per heavy atom. The maximum absolute atomic E-state index is 10.4. The van der Waals surface area contributed by atoms with E-state index in [0.717, 1.165) is 0 Å². The summed E-state index contributed by atoms with van der Waals surface area (Å²) in [7, 11) is -1.64. The van der Waals surface area contributed by atoms with Crippen molar-refractivity contribution in [1.29, 1.82) is 0 Å². The summed E-state index contributed by atoms with van der Waals surface area (Å²) in [6.07, 6.45) is 0.528. The monoisotopic (exact) mass is 184 g/mol. The van der Waals surface area contributed by atoms with Crippen LogP contribution >= 0.6 is 11.6 Å². The molecule has 2 N–H and O–H groups in total. The first-order valence-electron chi connectivity index (χ1n) is 3.26. The van der Waals surface area contributed by atoms with Gasteiger partial charge in [0.2, 0.25) is 0 Å². The third-order valence-electron chi connectivity index (χ3n) is 1.45. The van der Waals surface area contributed by atoms with Crippen molar-refractivity contribution in [2.45, 2.75) is 0 Å². The molecule has 1 rings (SSSR count). The third-order valence-corrected chi connectivity index (χ3v) is 1.69. The van der Waals surface area contributed by atoms with Crippen LogP contribution in [0.25, 0.3) is 0 Å². The average molecular weight is 184 g/mol. The molecule has 5 heteroatoms. The van der Waals surface area contributed by atoms with Gasteiger partial charge < -0.3 is 10.0 Å². The molecular formula is C7H6BClO3. The molecule has 0 saturated heterocycles. The lowest BCUT2D eigenvalue weighted by Gasteiger charge is -2.02. The molecule has 0 heterocycles. The zero-order chi connectivity index (χ0) is 9.14. The molecule has 0 aliphatic rings. The highest BCUT2D eigenvalue weighted by atomic mass is 35.5. The van der Waals surface area contributed by atoms with Gasteiger partial charge in [0.15, 0.2) is 0 Å². The van der Waals surface area contributed by atoms with Crippen LogP contribution in [0.3, 0.4) is 0 Å². The molecule has 0 radical (unpaired) electrons. The normalized spacial score (nSPS) is 9.58. The lowest BCUT2D eigenvalue weighted by Crippen LogP contribution is -2.32. The Labute approximate surface area is 74.7 Å². The summed E-state index contributed by atoms with van der Waals surface area (Å²) in [5, 5.41) is 18.0. The Morgan fingerprint density at radius 3 is 2.58 bits per heavy atom. The number of aldehydes is 1. The SMILES string of the molecule is O=Cc1cc(Cl)ccc1B(O)O. The molecule has 0 saturated carbocycles. The van der Waals surface area contributed by atoms with Crippen LogP contribution in [0.2, 0.25) is 5.02 Å². The van der Waals surface area contributed by atoms with Crippen molar-refractivity contribution in [1.82, 2.24) is 0 Å². The fraction of sp³-hybridized carbons (Fsp3) is 0. The molecule has 0 atom stereocenters. The molecule has 0 amide bonds. The molecule has 0 aliphatic heterocycles. The Morgan fingerprint density at radius 2 is 2.08 bits per heavy atom. The smallest absolute Gasteiger partial charge is 0.423 e. The molecule has 12 heavy (non-hydrogen) atoms. The van der Waals surface area contributed by atoms with E-state index in [0.29, 0.717) is 11.3 Å². The number of carbonyl (C=O) groups excluding carboxylic acids is 1. The fourth-order valence-electron chi connectivity index (χ4n) is 0.883. The number of benzene rings is 1. The largest absolute Gasteiger partial charge is 0.489 e. The predicted octanol–water partition coefficient (Wildman–Crippen LogP) is -0.168. The molecule has 1 aromatic rings. The van der Waals surface area contributed by atoms with Gasteiger partial charge in [0, 0.05) is 10.6 Å². The van der Waals surface area contributed by atoms with Gasteiger partial charge in [-0.3, -0.25) is 4.79 Å². The minimum atomic E-state index is -1.64. The molecule has 0 aromatic heterocycles. The van der Waals surface area contributed by atoms with Gasteiger partial charge in [0.1, 0.15) is 6.29 Å². The second-order valence-corrected chi connectivity index (χ2v) is 2.70. The molecule has 0 aliphatic carbocycles. The Bertz CT molecular complexity index is 301. The van der Waals surface area contributed by atoms with E-state index in [-0.39, 0.29) is 11.0 Å². The van der Waals surface area contributed by atoms with Gasteiger partial charge in [-0.25, -0.2) is 0 Å². The molecule has 1 aromatic carbocycles. The zero-order valence-electron chi connectivity index (χ0n) is 6.07. The lowest BCUT2D eigenvalue weighted by molar-refractivity contribution is 0.112. The summed E-state index contributed by atoms with van der Waals surface area (Å²) in [4.78, 5) is 10.4. The van der Waals surface area contributed by atoms with Crippen molar-refractivity contribution >= 4 is 30.5 Å². The van der Waals surface area contributed by atoms with Crippen molar-refractivity contribution in [2.75, 3.05) is 0 Å². The van der Waals surface area contributed by atoms with Gasteiger partial charge in [-0.15, -0.1) is 0 Å². The number of hydrogen-bond donors (Lipinski definition) is 2. The first-order valence-corrected chi connectivity index (χ1v) is 3.63. The number of halogens is 1. The molecule has 0 unspecified atom stereocenters. The molecule has 0 fully saturated rings. The predicted molar refractivity (Wildman–Crippen MR) is 46.7 cm³/mol. The van der Waals surface area contributed by atoms with Crippen LogP contribution in [0.1, 0.15) is 10.4 Å². The second-order valence-electron chi connectivity index (χ2n) is 2.26. The van der Waals surface area contributed by atoms with Crippen LogP contribution in [0.5, 0.6) is 0 Å². The Hall–Kier alpha value is -0.835. The minimum Gasteiger partial charge on any atom is -0.423 e. The van der Waals surface area contributed by atoms with Gasteiger partial charge in [-0.1, -0.05) is 17.7 Å². The summed E-state index contributed by atoms with van der Waals surface area (Å²) >= 11 is 5.58. The second kappa shape index (κ2) is 3.71. The van der Waals surface area contributed by atoms with E-state index in [1.165, 1.54) is 18.2 Å². The van der Waals surface area contributed by atoms with Crippen LogP contribution < -0.4 is 5.46 Å². The van der Waals surface area contributed by atoms with Crippen LogP contribution in [-0.2, 0) is 0 Å². The first-order chi connectivity index (χ1) is 5.65. The number of hydrogen-bond acceptors (Lipinski definition) is 3.